The van der Waals surface area contributed by atoms with Gasteiger partial charge in [-0.15, -0.1) is 0 Å². The number of nitrogens with zero attached hydrogens (tertiary/aromatic N) is 3. The summed E-state index contributed by atoms with van der Waals surface area (Å²) in [5, 5.41) is 0.856. The minimum Gasteiger partial charge on any atom is -0.338 e. The van der Waals surface area contributed by atoms with Crippen molar-refractivity contribution in [2.75, 3.05) is 19.3 Å². The Morgan fingerprint density at radius 3 is 2.62 bits per heavy atom. The van der Waals surface area contributed by atoms with Gasteiger partial charge in [-0.1, -0.05) is 23.4 Å². The van der Waals surface area contributed by atoms with Crippen LogP contribution in [0.1, 0.15) is 24.3 Å². The van der Waals surface area contributed by atoms with Crippen LogP contribution in [0.5, 0.6) is 0 Å². The van der Waals surface area contributed by atoms with Crippen molar-refractivity contribution in [1.82, 2.24) is 14.9 Å². The maximum atomic E-state index is 12.0. The zero-order valence-corrected chi connectivity index (χ0v) is 11.1. The molecule has 0 fully saturated rings. The van der Waals surface area contributed by atoms with E-state index in [1.807, 2.05) is 20.1 Å². The molecule has 0 bridgehead atoms. The Hall–Kier alpha value is -0.810. The van der Waals surface area contributed by atoms with E-state index in [4.69, 9.17) is 11.6 Å². The summed E-state index contributed by atoms with van der Waals surface area (Å²) in [7, 11) is 0. The molecule has 0 saturated heterocycles. The standard InChI is InChI=1S/C10H14ClN3OS/c1-4-14(5-2)9(15)8-7(11)6-12-10(13-8)16-3/h6H,4-5H2,1-3H3. The molecule has 0 atom stereocenters. The summed E-state index contributed by atoms with van der Waals surface area (Å²) >= 11 is 7.31. The van der Waals surface area contributed by atoms with Crippen LogP contribution in [0.2, 0.25) is 5.02 Å². The molecule has 0 saturated carbocycles. The quantitative estimate of drug-likeness (QED) is 0.615. The van der Waals surface area contributed by atoms with Gasteiger partial charge in [-0.2, -0.15) is 0 Å². The first-order valence-corrected chi connectivity index (χ1v) is 6.60. The number of thioether (sulfide) groups is 1. The largest absolute Gasteiger partial charge is 0.338 e. The van der Waals surface area contributed by atoms with Crippen molar-refractivity contribution >= 4 is 29.3 Å². The summed E-state index contributed by atoms with van der Waals surface area (Å²) in [6.45, 7) is 5.13. The minimum absolute atomic E-state index is 0.146. The van der Waals surface area contributed by atoms with E-state index < -0.39 is 0 Å². The Balaban J connectivity index is 3.06. The second kappa shape index (κ2) is 6.06. The molecule has 88 valence electrons. The number of aromatic nitrogens is 2. The summed E-state index contributed by atoms with van der Waals surface area (Å²) in [5.74, 6) is -0.146. The number of carbonyl (C=O) groups is 1. The summed E-state index contributed by atoms with van der Waals surface area (Å²) in [6.07, 6.45) is 3.33. The minimum atomic E-state index is -0.146. The first kappa shape index (κ1) is 13.3. The van der Waals surface area contributed by atoms with E-state index in [0.717, 1.165) is 0 Å². The van der Waals surface area contributed by atoms with Gasteiger partial charge in [0.2, 0.25) is 0 Å². The fraction of sp³-hybridized carbons (Fsp3) is 0.500. The smallest absolute Gasteiger partial charge is 0.274 e. The molecule has 0 aromatic carbocycles. The highest BCUT2D eigenvalue weighted by atomic mass is 35.5. The zero-order chi connectivity index (χ0) is 12.1. The van der Waals surface area contributed by atoms with Crippen LogP contribution in [0.4, 0.5) is 0 Å². The molecule has 1 heterocycles. The van der Waals surface area contributed by atoms with Crippen LogP contribution in [0.15, 0.2) is 11.4 Å². The SMILES string of the molecule is CCN(CC)C(=O)c1nc(SC)ncc1Cl. The van der Waals surface area contributed by atoms with Crippen LogP contribution in [0.25, 0.3) is 0 Å². The highest BCUT2D eigenvalue weighted by Gasteiger charge is 2.18. The summed E-state index contributed by atoms with van der Waals surface area (Å²) < 4.78 is 0. The summed E-state index contributed by atoms with van der Waals surface area (Å²) in [5.41, 5.74) is 0.282. The van der Waals surface area contributed by atoms with Crippen LogP contribution < -0.4 is 0 Å². The fourth-order valence-corrected chi connectivity index (χ4v) is 1.77. The van der Waals surface area contributed by atoms with Crippen molar-refractivity contribution in [2.24, 2.45) is 0 Å². The molecule has 0 radical (unpaired) electrons. The molecule has 1 rings (SSSR count). The molecule has 0 aliphatic carbocycles. The van der Waals surface area contributed by atoms with E-state index in [1.54, 1.807) is 4.90 Å². The lowest BCUT2D eigenvalue weighted by molar-refractivity contribution is 0.0766. The highest BCUT2D eigenvalue weighted by Crippen LogP contribution is 2.18. The van der Waals surface area contributed by atoms with Crippen LogP contribution >= 0.6 is 23.4 Å². The molecular formula is C10H14ClN3OS. The molecule has 0 N–H and O–H groups in total. The van der Waals surface area contributed by atoms with Gasteiger partial charge in [-0.25, -0.2) is 9.97 Å². The normalized spacial score (nSPS) is 10.2. The van der Waals surface area contributed by atoms with E-state index in [9.17, 15) is 4.79 Å². The summed E-state index contributed by atoms with van der Waals surface area (Å²) in [6, 6.07) is 0. The van der Waals surface area contributed by atoms with E-state index >= 15 is 0 Å². The number of amides is 1. The van der Waals surface area contributed by atoms with Crippen molar-refractivity contribution in [3.05, 3.63) is 16.9 Å². The first-order chi connectivity index (χ1) is 7.63. The van der Waals surface area contributed by atoms with Gasteiger partial charge < -0.3 is 4.90 Å². The molecule has 0 unspecified atom stereocenters. The molecule has 1 amide bonds. The number of hydrogen-bond acceptors (Lipinski definition) is 4. The van der Waals surface area contributed by atoms with Crippen LogP contribution in [-0.2, 0) is 0 Å². The van der Waals surface area contributed by atoms with Crippen molar-refractivity contribution in [2.45, 2.75) is 19.0 Å². The molecule has 0 aliphatic rings. The Kier molecular flexibility index (Phi) is 5.02. The van der Waals surface area contributed by atoms with Gasteiger partial charge in [0, 0.05) is 13.1 Å². The van der Waals surface area contributed by atoms with Crippen molar-refractivity contribution in [3.63, 3.8) is 0 Å². The zero-order valence-electron chi connectivity index (χ0n) is 9.53. The number of rotatable bonds is 4. The van der Waals surface area contributed by atoms with E-state index in [1.165, 1.54) is 18.0 Å². The molecular weight excluding hydrogens is 246 g/mol. The monoisotopic (exact) mass is 259 g/mol. The number of halogens is 1. The number of carbonyl (C=O) groups excluding carboxylic acids is 1. The predicted octanol–water partition coefficient (Wildman–Crippen LogP) is 2.33. The van der Waals surface area contributed by atoms with Gasteiger partial charge in [-0.3, -0.25) is 4.79 Å². The Labute approximate surface area is 104 Å². The van der Waals surface area contributed by atoms with Crippen LogP contribution in [0, 0.1) is 0 Å². The average Bonchev–Trinajstić information content (AvgIpc) is 2.31. The van der Waals surface area contributed by atoms with Gasteiger partial charge in [0.15, 0.2) is 10.9 Å². The fourth-order valence-electron chi connectivity index (χ4n) is 1.26. The topological polar surface area (TPSA) is 46.1 Å². The number of hydrogen-bond donors (Lipinski definition) is 0. The predicted molar refractivity (Wildman–Crippen MR) is 66.1 cm³/mol. The maximum absolute atomic E-state index is 12.0. The van der Waals surface area contributed by atoms with Gasteiger partial charge in [0.05, 0.1) is 11.2 Å². The third-order valence-corrected chi connectivity index (χ3v) is 3.00. The van der Waals surface area contributed by atoms with Gasteiger partial charge in [0.25, 0.3) is 5.91 Å². The van der Waals surface area contributed by atoms with E-state index in [-0.39, 0.29) is 11.6 Å². The molecule has 0 spiro atoms. The molecule has 16 heavy (non-hydrogen) atoms. The van der Waals surface area contributed by atoms with Crippen molar-refractivity contribution < 1.29 is 4.79 Å². The molecule has 4 nitrogen and oxygen atoms in total. The van der Waals surface area contributed by atoms with Crippen LogP contribution in [0.3, 0.4) is 0 Å². The van der Waals surface area contributed by atoms with Gasteiger partial charge in [0.1, 0.15) is 0 Å². The highest BCUT2D eigenvalue weighted by molar-refractivity contribution is 7.98. The second-order valence-electron chi connectivity index (χ2n) is 3.03. The molecule has 1 aromatic heterocycles. The second-order valence-corrected chi connectivity index (χ2v) is 4.21. The molecule has 0 aliphatic heterocycles. The van der Waals surface area contributed by atoms with E-state index in [0.29, 0.717) is 23.3 Å². The van der Waals surface area contributed by atoms with E-state index in [2.05, 4.69) is 9.97 Å². The average molecular weight is 260 g/mol. The maximum Gasteiger partial charge on any atom is 0.274 e. The Morgan fingerprint density at radius 1 is 1.50 bits per heavy atom. The Morgan fingerprint density at radius 2 is 2.12 bits per heavy atom. The lowest BCUT2D eigenvalue weighted by Crippen LogP contribution is -2.31. The molecule has 6 heteroatoms. The van der Waals surface area contributed by atoms with Gasteiger partial charge in [-0.05, 0) is 20.1 Å². The van der Waals surface area contributed by atoms with Gasteiger partial charge >= 0.3 is 0 Å². The third-order valence-electron chi connectivity index (χ3n) is 2.16. The summed E-state index contributed by atoms with van der Waals surface area (Å²) in [4.78, 5) is 21.9. The first-order valence-electron chi connectivity index (χ1n) is 4.99. The van der Waals surface area contributed by atoms with Crippen molar-refractivity contribution in [1.29, 1.82) is 0 Å². The lowest BCUT2D eigenvalue weighted by Gasteiger charge is -2.18. The van der Waals surface area contributed by atoms with Crippen molar-refractivity contribution in [3.8, 4) is 0 Å². The Bertz CT molecular complexity index is 382. The van der Waals surface area contributed by atoms with Crippen LogP contribution in [-0.4, -0.2) is 40.1 Å². The lowest BCUT2D eigenvalue weighted by atomic mass is 10.3. The molecule has 1 aromatic rings. The third kappa shape index (κ3) is 2.86.